The van der Waals surface area contributed by atoms with Crippen LogP contribution in [-0.4, -0.2) is 97.4 Å². The monoisotopic (exact) mass is 962 g/mol. The molecule has 1 aromatic carbocycles. The Morgan fingerprint density at radius 2 is 1.69 bits per heavy atom. The maximum absolute atomic E-state index is 13.8. The number of H-pyrrole nitrogens is 1. The number of nitrogens with zero attached hydrogens (tertiary/aromatic N) is 7. The van der Waals surface area contributed by atoms with Gasteiger partial charge in [0.25, 0.3) is 5.91 Å². The lowest BCUT2D eigenvalue weighted by Crippen LogP contribution is -2.55. The first-order valence-electron chi connectivity index (χ1n) is 24.9. The molecule has 2 aliphatic heterocycles. The second-order valence-corrected chi connectivity index (χ2v) is 18.5. The second-order valence-electron chi connectivity index (χ2n) is 18.5. The number of rotatable bonds is 26. The van der Waals surface area contributed by atoms with E-state index in [2.05, 4.69) is 51.8 Å². The molecule has 4 amide bonds. The zero-order valence-electron chi connectivity index (χ0n) is 40.7. The summed E-state index contributed by atoms with van der Waals surface area (Å²) in [5, 5.41) is 26.7. The highest BCUT2D eigenvalue weighted by atomic mass is 19.1. The van der Waals surface area contributed by atoms with Crippen molar-refractivity contribution in [2.75, 3.05) is 48.8 Å². The Bertz CT molecular complexity index is 2500. The van der Waals surface area contributed by atoms with Crippen molar-refractivity contribution >= 4 is 46.9 Å². The number of hydrogen-bond donors (Lipinski definition) is 6. The van der Waals surface area contributed by atoms with Crippen LogP contribution in [0.3, 0.4) is 0 Å². The molecule has 0 saturated carbocycles. The number of anilines is 4. The van der Waals surface area contributed by atoms with E-state index in [0.717, 1.165) is 85.9 Å². The van der Waals surface area contributed by atoms with Crippen LogP contribution in [-0.2, 0) is 30.3 Å². The van der Waals surface area contributed by atoms with Crippen LogP contribution in [0.2, 0.25) is 0 Å². The Labute approximate surface area is 409 Å². The minimum atomic E-state index is -1.04. The molecule has 70 heavy (non-hydrogen) atoms. The van der Waals surface area contributed by atoms with E-state index in [-0.39, 0.29) is 35.6 Å². The zero-order chi connectivity index (χ0) is 49.3. The van der Waals surface area contributed by atoms with Gasteiger partial charge in [0.05, 0.1) is 24.4 Å². The number of pyridine rings is 1. The molecule has 7 rings (SSSR count). The lowest BCUT2D eigenvalue weighted by Gasteiger charge is -2.40. The molecule has 2 atom stereocenters. The summed E-state index contributed by atoms with van der Waals surface area (Å²) in [5.41, 5.74) is 3.45. The molecule has 2 aliphatic rings. The number of nitrogens with one attached hydrogen (secondary N) is 6. The van der Waals surface area contributed by atoms with Crippen LogP contribution in [0.1, 0.15) is 138 Å². The van der Waals surface area contributed by atoms with E-state index in [0.29, 0.717) is 81.6 Å². The molecule has 0 radical (unpaired) electrons. The molecular weight excluding hydrogens is 894 g/mol. The minimum absolute atomic E-state index is 0.0714. The van der Waals surface area contributed by atoms with Gasteiger partial charge in [0.1, 0.15) is 11.4 Å². The molecule has 19 heteroatoms. The third-order valence-corrected chi connectivity index (χ3v) is 13.2. The van der Waals surface area contributed by atoms with Gasteiger partial charge in [-0.2, -0.15) is 15.2 Å². The van der Waals surface area contributed by atoms with Crippen LogP contribution >= 0.6 is 0 Å². The highest BCUT2D eigenvalue weighted by molar-refractivity contribution is 6.01. The second kappa shape index (κ2) is 25.2. The quantitative estimate of drug-likeness (QED) is 0.0235. The highest BCUT2D eigenvalue weighted by Crippen LogP contribution is 2.31. The molecule has 6 N–H and O–H groups in total. The molecule has 6 heterocycles. The average molecular weight is 962 g/mol. The fourth-order valence-corrected chi connectivity index (χ4v) is 8.98. The van der Waals surface area contributed by atoms with Gasteiger partial charge >= 0.3 is 0 Å². The van der Waals surface area contributed by atoms with E-state index in [4.69, 9.17) is 14.7 Å². The number of amides is 4. The lowest BCUT2D eigenvalue weighted by atomic mass is 9.89. The van der Waals surface area contributed by atoms with Crippen LogP contribution in [0.15, 0.2) is 67.1 Å². The largest absolute Gasteiger partial charge is 0.385 e. The smallest absolute Gasteiger partial charge is 0.252 e. The van der Waals surface area contributed by atoms with Crippen molar-refractivity contribution < 1.29 is 28.3 Å². The molecule has 18 nitrogen and oxygen atoms in total. The molecule has 0 bridgehead atoms. The van der Waals surface area contributed by atoms with E-state index in [1.807, 2.05) is 56.3 Å². The standard InChI is InChI=1S/C51H68FN13O5/c1-35-29-44(63-62-35)59-43-31-41(58-50(60-43)64-27-23-51(70-3,24-28-64)49(69)57-36(2)38-19-21-45(55-32-38)65-34-39(52)33-56-65)16-10-11-18-46(66)54-26-13-9-7-5-4-6-8-12-25-53-40-17-14-15-37(30-40)42-20-22-47(67)61-48(42)68/h14-15,17,19,21,29-34,36,42,53H,4-13,16,18,20,22-28H2,1-3H3,(H,54,66)(H,57,69)(H,61,67,68)(H2,58,59,60,62,63)/t36-,42?/m0/s1. The van der Waals surface area contributed by atoms with Gasteiger partial charge in [-0.05, 0) is 81.7 Å². The molecule has 1 unspecified atom stereocenters. The normalized spacial score (nSPS) is 16.1. The Morgan fingerprint density at radius 1 is 0.914 bits per heavy atom. The van der Waals surface area contributed by atoms with Crippen molar-refractivity contribution in [1.82, 2.24) is 50.9 Å². The van der Waals surface area contributed by atoms with E-state index in [1.54, 1.807) is 19.4 Å². The highest BCUT2D eigenvalue weighted by Gasteiger charge is 2.43. The van der Waals surface area contributed by atoms with Gasteiger partial charge in [0, 0.05) is 94.4 Å². The van der Waals surface area contributed by atoms with Crippen LogP contribution in [0.5, 0.6) is 0 Å². The molecular formula is C51H68FN13O5. The van der Waals surface area contributed by atoms with Gasteiger partial charge in [-0.15, -0.1) is 0 Å². The summed E-state index contributed by atoms with van der Waals surface area (Å²) in [6.45, 7) is 6.36. The molecule has 0 spiro atoms. The summed E-state index contributed by atoms with van der Waals surface area (Å²) in [4.78, 5) is 66.5. The molecule has 4 aromatic heterocycles. The number of aryl methyl sites for hydroxylation is 2. The summed E-state index contributed by atoms with van der Waals surface area (Å²) in [7, 11) is 1.56. The van der Waals surface area contributed by atoms with Crippen molar-refractivity contribution in [2.24, 2.45) is 0 Å². The molecule has 0 aliphatic carbocycles. The van der Waals surface area contributed by atoms with Crippen LogP contribution in [0.25, 0.3) is 5.82 Å². The number of unbranched alkanes of at least 4 members (excludes halogenated alkanes) is 8. The lowest BCUT2D eigenvalue weighted by molar-refractivity contribution is -0.146. The number of methoxy groups -OCH3 is 1. The SMILES string of the molecule is COC1(C(=O)N[C@@H](C)c2ccc(-n3cc(F)cn3)nc2)CCN(c2nc(CCCCC(=O)NCCCCCCCCCCNc3cccc(C4CCC(=O)NC4=O)c3)cc(Nc3cc(C)[nH]n3)n2)CC1. The number of halogens is 1. The van der Waals surface area contributed by atoms with E-state index >= 15 is 0 Å². The Morgan fingerprint density at radius 3 is 2.37 bits per heavy atom. The molecule has 2 saturated heterocycles. The summed E-state index contributed by atoms with van der Waals surface area (Å²) < 4.78 is 20.7. The van der Waals surface area contributed by atoms with Crippen molar-refractivity contribution in [3.05, 3.63) is 95.5 Å². The van der Waals surface area contributed by atoms with Crippen molar-refractivity contribution in [2.45, 2.75) is 134 Å². The number of piperidine rings is 2. The molecule has 2 fully saturated rings. The van der Waals surface area contributed by atoms with Crippen LogP contribution in [0, 0.1) is 12.7 Å². The number of hydrogen-bond acceptors (Lipinski definition) is 13. The molecule has 5 aromatic rings. The third kappa shape index (κ3) is 14.6. The van der Waals surface area contributed by atoms with E-state index < -0.39 is 11.4 Å². The number of carbonyl (C=O) groups is 4. The Balaban J connectivity index is 0.777. The first kappa shape index (κ1) is 51.1. The number of benzene rings is 1. The zero-order valence-corrected chi connectivity index (χ0v) is 40.7. The summed E-state index contributed by atoms with van der Waals surface area (Å²) in [6.07, 6.45) is 17.5. The predicted octanol–water partition coefficient (Wildman–Crippen LogP) is 7.42. The Hall–Kier alpha value is -6.76. The van der Waals surface area contributed by atoms with E-state index in [1.165, 1.54) is 30.1 Å². The Kier molecular flexibility index (Phi) is 18.4. The van der Waals surface area contributed by atoms with Gasteiger partial charge in [-0.3, -0.25) is 29.6 Å². The maximum atomic E-state index is 13.8. The van der Waals surface area contributed by atoms with Crippen molar-refractivity contribution in [3.63, 3.8) is 0 Å². The topological polar surface area (TPSA) is 226 Å². The van der Waals surface area contributed by atoms with Crippen molar-refractivity contribution in [1.29, 1.82) is 0 Å². The van der Waals surface area contributed by atoms with Gasteiger partial charge in [0.2, 0.25) is 23.7 Å². The molecule has 374 valence electrons. The first-order chi connectivity index (χ1) is 34.0. The number of aromatic nitrogens is 7. The maximum Gasteiger partial charge on any atom is 0.252 e. The van der Waals surface area contributed by atoms with Gasteiger partial charge in [0.15, 0.2) is 17.5 Å². The fourth-order valence-electron chi connectivity index (χ4n) is 8.98. The summed E-state index contributed by atoms with van der Waals surface area (Å²) >= 11 is 0. The third-order valence-electron chi connectivity index (χ3n) is 13.2. The number of imide groups is 1. The van der Waals surface area contributed by atoms with Gasteiger partial charge in [-0.25, -0.2) is 19.0 Å². The van der Waals surface area contributed by atoms with Gasteiger partial charge < -0.3 is 30.9 Å². The number of carbonyl (C=O) groups excluding carboxylic acids is 4. The average Bonchev–Trinajstić information content (AvgIpc) is 3.99. The first-order valence-corrected chi connectivity index (χ1v) is 24.9. The fraction of sp³-hybridized carbons (Fsp3) is 0.510. The summed E-state index contributed by atoms with van der Waals surface area (Å²) in [5.74, 6) is 0.995. The number of aromatic amines is 1. The van der Waals surface area contributed by atoms with Crippen LogP contribution < -0.4 is 31.5 Å². The minimum Gasteiger partial charge on any atom is -0.385 e. The van der Waals surface area contributed by atoms with Crippen molar-refractivity contribution in [3.8, 4) is 5.82 Å². The number of ether oxygens (including phenoxy) is 1. The van der Waals surface area contributed by atoms with E-state index in [9.17, 15) is 23.6 Å². The summed E-state index contributed by atoms with van der Waals surface area (Å²) in [6, 6.07) is 15.0. The van der Waals surface area contributed by atoms with Gasteiger partial charge in [-0.1, -0.05) is 56.7 Å². The van der Waals surface area contributed by atoms with Crippen LogP contribution in [0.4, 0.5) is 27.7 Å². The predicted molar refractivity (Wildman–Crippen MR) is 265 cm³/mol.